The highest BCUT2D eigenvalue weighted by atomic mass is 32.2. The summed E-state index contributed by atoms with van der Waals surface area (Å²) in [5.74, 6) is 2.34. The number of hydrogen-bond acceptors (Lipinski definition) is 6. The molecule has 8 heteroatoms. The first-order chi connectivity index (χ1) is 14.7. The van der Waals surface area contributed by atoms with Crippen molar-refractivity contribution in [2.24, 2.45) is 5.92 Å². The number of nitrogens with one attached hydrogen (secondary N) is 1. The van der Waals surface area contributed by atoms with Gasteiger partial charge in [0.2, 0.25) is 0 Å². The van der Waals surface area contributed by atoms with Gasteiger partial charge in [-0.05, 0) is 42.4 Å². The number of aromatic nitrogens is 3. The number of ether oxygens (including phenoxy) is 2. The van der Waals surface area contributed by atoms with Crippen LogP contribution in [0.25, 0.3) is 21.9 Å². The van der Waals surface area contributed by atoms with Gasteiger partial charge in [-0.25, -0.2) is 9.97 Å². The van der Waals surface area contributed by atoms with E-state index in [-0.39, 0.29) is 0 Å². The quantitative estimate of drug-likeness (QED) is 0.440. The predicted octanol–water partition coefficient (Wildman–Crippen LogP) is 2.69. The summed E-state index contributed by atoms with van der Waals surface area (Å²) >= 11 is 0. The smallest absolute Gasteiger partial charge is 0.146 e. The molecule has 3 aromatic rings. The van der Waals surface area contributed by atoms with Gasteiger partial charge in [0, 0.05) is 24.0 Å². The van der Waals surface area contributed by atoms with E-state index in [1.54, 1.807) is 12.4 Å². The molecule has 1 aliphatic rings. The zero-order chi connectivity index (χ0) is 20.9. The molecule has 0 amide bonds. The third-order valence-electron chi connectivity index (χ3n) is 5.44. The average molecular weight is 427 g/mol. The molecular formula is C22H28N5O2S+. The van der Waals surface area contributed by atoms with Crippen molar-refractivity contribution in [3.05, 3.63) is 30.2 Å². The van der Waals surface area contributed by atoms with Gasteiger partial charge in [0.05, 0.1) is 42.8 Å². The molecule has 0 saturated carbocycles. The number of piperidine rings is 1. The molecule has 0 spiro atoms. The summed E-state index contributed by atoms with van der Waals surface area (Å²) in [5.41, 5.74) is 2.08. The average Bonchev–Trinajstić information content (AvgIpc) is 3.09. The van der Waals surface area contributed by atoms with Crippen LogP contribution in [-0.2, 0) is 22.4 Å². The highest BCUT2D eigenvalue weighted by Crippen LogP contribution is 2.35. The van der Waals surface area contributed by atoms with Gasteiger partial charge in [-0.2, -0.15) is 5.26 Å². The number of nitrogens with zero attached hydrogens (tertiary/aromatic N) is 4. The molecule has 1 fully saturated rings. The van der Waals surface area contributed by atoms with Gasteiger partial charge in [-0.15, -0.1) is 0 Å². The molecular weight excluding hydrogens is 398 g/mol. The van der Waals surface area contributed by atoms with Crippen LogP contribution in [0.4, 0.5) is 0 Å². The third-order valence-corrected chi connectivity index (χ3v) is 6.42. The topological polar surface area (TPSA) is 85.0 Å². The van der Waals surface area contributed by atoms with Crippen LogP contribution in [0.15, 0.2) is 24.5 Å². The van der Waals surface area contributed by atoms with Crippen molar-refractivity contribution in [2.75, 3.05) is 44.6 Å². The van der Waals surface area contributed by atoms with E-state index in [2.05, 4.69) is 33.9 Å². The van der Waals surface area contributed by atoms with Crippen LogP contribution >= 0.6 is 0 Å². The van der Waals surface area contributed by atoms with Gasteiger partial charge < -0.3 is 14.8 Å². The highest BCUT2D eigenvalue weighted by molar-refractivity contribution is 7.95. The molecule has 0 aromatic carbocycles. The lowest BCUT2D eigenvalue weighted by Gasteiger charge is -2.22. The molecule has 0 bridgehead atoms. The Morgan fingerprint density at radius 1 is 1.37 bits per heavy atom. The molecule has 1 aliphatic heterocycles. The number of pyridine rings is 2. The van der Waals surface area contributed by atoms with Crippen molar-refractivity contribution >= 4 is 32.8 Å². The summed E-state index contributed by atoms with van der Waals surface area (Å²) in [6, 6.07) is 5.87. The maximum Gasteiger partial charge on any atom is 0.146 e. The van der Waals surface area contributed by atoms with Crippen molar-refractivity contribution in [3.63, 3.8) is 0 Å². The minimum absolute atomic E-state index is 0.345. The Hall–Kier alpha value is -2.34. The van der Waals surface area contributed by atoms with E-state index in [1.165, 1.54) is 12.8 Å². The molecule has 1 saturated heterocycles. The molecule has 1 N–H and O–H groups in total. The van der Waals surface area contributed by atoms with Crippen molar-refractivity contribution < 1.29 is 9.47 Å². The van der Waals surface area contributed by atoms with E-state index in [9.17, 15) is 5.26 Å². The summed E-state index contributed by atoms with van der Waals surface area (Å²) in [6.07, 6.45) is 10.3. The number of hydrogen-bond donors (Lipinski definition) is 1. The van der Waals surface area contributed by atoms with Crippen molar-refractivity contribution in [1.29, 1.82) is 5.26 Å². The van der Waals surface area contributed by atoms with Crippen LogP contribution in [0.1, 0.15) is 18.5 Å². The van der Waals surface area contributed by atoms with E-state index in [4.69, 9.17) is 9.47 Å². The van der Waals surface area contributed by atoms with Gasteiger partial charge in [-0.1, -0.05) is 0 Å². The summed E-state index contributed by atoms with van der Waals surface area (Å²) < 4.78 is 14.2. The third kappa shape index (κ3) is 4.53. The summed E-state index contributed by atoms with van der Waals surface area (Å²) in [4.78, 5) is 8.90. The molecule has 158 valence electrons. The molecule has 1 atom stereocenters. The van der Waals surface area contributed by atoms with Gasteiger partial charge in [-0.3, -0.25) is 4.57 Å². The second-order valence-electron chi connectivity index (χ2n) is 7.88. The van der Waals surface area contributed by atoms with E-state index < -0.39 is 0 Å². The Morgan fingerprint density at radius 3 is 3.03 bits per heavy atom. The summed E-state index contributed by atoms with van der Waals surface area (Å²) in [5, 5.41) is 14.6. The van der Waals surface area contributed by atoms with E-state index in [0.29, 0.717) is 42.5 Å². The van der Waals surface area contributed by atoms with E-state index in [0.717, 1.165) is 46.5 Å². The fraction of sp³-hybridized carbons (Fsp3) is 0.500. The lowest BCUT2D eigenvalue weighted by Crippen LogP contribution is -2.33. The standard InChI is InChI=1S/C22H28N5O2S/c1-30(2)9-8-28-15-27-19-13-26-17(11-23)10-18(19)21-20(5-7-25-22(21)27)29-14-16-4-3-6-24-12-16/h5,7,10,13,16,24H,3-4,6,8-9,12,14-15H2,1-2H3/q+1/t16-/m1/s1. The summed E-state index contributed by atoms with van der Waals surface area (Å²) in [6.45, 7) is 3.84. The summed E-state index contributed by atoms with van der Waals surface area (Å²) in [7, 11) is 0.345. The maximum absolute atomic E-state index is 9.35. The molecule has 7 nitrogen and oxygen atoms in total. The van der Waals surface area contributed by atoms with Crippen LogP contribution in [-0.4, -0.2) is 59.1 Å². The lowest BCUT2D eigenvalue weighted by atomic mass is 10.0. The number of fused-ring (bicyclic) bond motifs is 3. The zero-order valence-corrected chi connectivity index (χ0v) is 18.4. The van der Waals surface area contributed by atoms with E-state index >= 15 is 0 Å². The first-order valence-electron chi connectivity index (χ1n) is 10.3. The van der Waals surface area contributed by atoms with Gasteiger partial charge >= 0.3 is 0 Å². The van der Waals surface area contributed by atoms with Crippen molar-refractivity contribution in [3.8, 4) is 11.8 Å². The highest BCUT2D eigenvalue weighted by Gasteiger charge is 2.19. The Bertz CT molecular complexity index is 1050. The van der Waals surface area contributed by atoms with Crippen LogP contribution < -0.4 is 10.1 Å². The van der Waals surface area contributed by atoms with Gasteiger partial charge in [0.1, 0.15) is 35.6 Å². The predicted molar refractivity (Wildman–Crippen MR) is 121 cm³/mol. The molecule has 4 heterocycles. The molecule has 4 rings (SSSR count). The fourth-order valence-electron chi connectivity index (χ4n) is 3.84. The lowest BCUT2D eigenvalue weighted by molar-refractivity contribution is 0.0951. The monoisotopic (exact) mass is 426 g/mol. The molecule has 30 heavy (non-hydrogen) atoms. The SMILES string of the molecule is C[S+](C)CCOCn1c2cnc(C#N)cc2c2c(OC[C@@H]3CCCNC3)ccnc21. The molecule has 0 radical (unpaired) electrons. The van der Waals surface area contributed by atoms with Crippen molar-refractivity contribution in [1.82, 2.24) is 19.9 Å². The van der Waals surface area contributed by atoms with Crippen LogP contribution in [0.3, 0.4) is 0 Å². The normalized spacial score (nSPS) is 16.9. The second-order valence-corrected chi connectivity index (χ2v) is 10.3. The van der Waals surface area contributed by atoms with Crippen LogP contribution in [0.2, 0.25) is 0 Å². The number of nitriles is 1. The fourth-order valence-corrected chi connectivity index (χ4v) is 4.29. The maximum atomic E-state index is 9.35. The Labute approximate surface area is 179 Å². The Kier molecular flexibility index (Phi) is 6.72. The van der Waals surface area contributed by atoms with Crippen LogP contribution in [0, 0.1) is 17.2 Å². The zero-order valence-electron chi connectivity index (χ0n) is 17.6. The minimum Gasteiger partial charge on any atom is -0.492 e. The Balaban J connectivity index is 1.68. The molecule has 3 aromatic heterocycles. The van der Waals surface area contributed by atoms with Gasteiger partial charge in [0.25, 0.3) is 0 Å². The largest absolute Gasteiger partial charge is 0.492 e. The Morgan fingerprint density at radius 2 is 2.27 bits per heavy atom. The minimum atomic E-state index is 0.345. The molecule has 0 aliphatic carbocycles. The first-order valence-corrected chi connectivity index (χ1v) is 12.5. The van der Waals surface area contributed by atoms with Crippen molar-refractivity contribution in [2.45, 2.75) is 19.6 Å². The van der Waals surface area contributed by atoms with E-state index in [1.807, 2.05) is 16.7 Å². The number of rotatable bonds is 8. The van der Waals surface area contributed by atoms with Crippen LogP contribution in [0.5, 0.6) is 5.75 Å². The molecule has 0 unspecified atom stereocenters. The van der Waals surface area contributed by atoms with Gasteiger partial charge in [0.15, 0.2) is 0 Å². The first kappa shape index (κ1) is 20.9. The second kappa shape index (κ2) is 9.65.